The number of hydrogen-bond donors (Lipinski definition) is 0. The topological polar surface area (TPSA) is 37.4 Å². The van der Waals surface area contributed by atoms with Crippen molar-refractivity contribution in [1.29, 1.82) is 0 Å². The number of amides is 2. The summed E-state index contributed by atoms with van der Waals surface area (Å²) in [6.45, 7) is 1.76. The second-order valence-electron chi connectivity index (χ2n) is 4.89. The summed E-state index contributed by atoms with van der Waals surface area (Å²) in [5.74, 6) is -0.583. The zero-order valence-electron chi connectivity index (χ0n) is 9.96. The molecule has 3 rings (SSSR count). The van der Waals surface area contributed by atoms with Gasteiger partial charge in [-0.25, -0.2) is 0 Å². The highest BCUT2D eigenvalue weighted by atomic mass is 16.2. The first kappa shape index (κ1) is 11.6. The highest BCUT2D eigenvalue weighted by molar-refractivity contribution is 6.78. The third-order valence-corrected chi connectivity index (χ3v) is 3.87. The Bertz CT molecular complexity index is 527. The molecule has 83 valence electrons. The second-order valence-corrected chi connectivity index (χ2v) is 4.89. The van der Waals surface area contributed by atoms with Gasteiger partial charge in [-0.05, 0) is 19.1 Å². The summed E-state index contributed by atoms with van der Waals surface area (Å²) in [6.07, 6.45) is 0. The summed E-state index contributed by atoms with van der Waals surface area (Å²) in [7, 11) is 13.5. The van der Waals surface area contributed by atoms with Crippen LogP contribution >= 0.6 is 0 Å². The number of carbonyl (C=O) groups excluding carboxylic acids is 2. The Labute approximate surface area is 109 Å². The van der Waals surface area contributed by atoms with Crippen LogP contribution in [-0.2, 0) is 0 Å². The second kappa shape index (κ2) is 3.53. The maximum atomic E-state index is 12.2. The molecule has 0 bridgehead atoms. The number of imide groups is 1. The van der Waals surface area contributed by atoms with Gasteiger partial charge < -0.3 is 0 Å². The van der Waals surface area contributed by atoms with E-state index >= 15 is 0 Å². The van der Waals surface area contributed by atoms with Crippen molar-refractivity contribution in [3.8, 4) is 0 Å². The molecule has 3 unspecified atom stereocenters. The Morgan fingerprint density at radius 3 is 2.11 bits per heavy atom. The van der Waals surface area contributed by atoms with E-state index in [-0.39, 0.29) is 17.5 Å². The van der Waals surface area contributed by atoms with E-state index in [1.165, 1.54) is 4.90 Å². The van der Waals surface area contributed by atoms with E-state index in [9.17, 15) is 9.59 Å². The number of benzene rings is 1. The summed E-state index contributed by atoms with van der Waals surface area (Å²) in [5, 5.41) is -0.757. The molecule has 0 aromatic heterocycles. The third-order valence-electron chi connectivity index (χ3n) is 3.87. The van der Waals surface area contributed by atoms with E-state index in [0.717, 1.165) is 0 Å². The molecule has 3 nitrogen and oxygen atoms in total. The molecule has 1 saturated heterocycles. The Morgan fingerprint density at radius 2 is 1.72 bits per heavy atom. The molecule has 0 N–H and O–H groups in total. The van der Waals surface area contributed by atoms with Crippen LogP contribution in [0, 0.1) is 0 Å². The molecule has 18 heavy (non-hydrogen) atoms. The molecule has 2 heterocycles. The Hall–Kier alpha value is -1.45. The van der Waals surface area contributed by atoms with Crippen molar-refractivity contribution in [1.82, 2.24) is 4.90 Å². The standard InChI is InChI=1S/C12H9B3NO2/c1-6(12(14)11(13)15-12)16-9(17)7-4-2-3-5-8(7)10(16)18/h2-6,11H,1H3. The van der Waals surface area contributed by atoms with Gasteiger partial charge in [-0.3, -0.25) is 14.5 Å². The van der Waals surface area contributed by atoms with Gasteiger partial charge in [-0.2, -0.15) is 0 Å². The Morgan fingerprint density at radius 1 is 1.28 bits per heavy atom. The molecule has 1 aromatic carbocycles. The van der Waals surface area contributed by atoms with E-state index < -0.39 is 11.3 Å². The van der Waals surface area contributed by atoms with Gasteiger partial charge in [0.1, 0.15) is 7.28 Å². The number of rotatable bonds is 2. The minimum absolute atomic E-state index is 0.267. The molecule has 1 fully saturated rings. The number of nitrogens with zero attached hydrogens (tertiary/aromatic N) is 1. The molecule has 5 radical (unpaired) electrons. The monoisotopic (exact) mass is 232 g/mol. The zero-order chi connectivity index (χ0) is 13.1. The summed E-state index contributed by atoms with van der Waals surface area (Å²) >= 11 is 0. The molecule has 0 saturated carbocycles. The third kappa shape index (κ3) is 1.35. The maximum Gasteiger partial charge on any atom is 0.261 e. The number of hydrogen-bond acceptors (Lipinski definition) is 2. The van der Waals surface area contributed by atoms with Crippen molar-refractivity contribution in [2.24, 2.45) is 0 Å². The molecule has 3 atom stereocenters. The largest absolute Gasteiger partial charge is 0.272 e. The summed E-state index contributed by atoms with van der Waals surface area (Å²) in [5.41, 5.74) is 0.608. The predicted molar refractivity (Wildman–Crippen MR) is 70.1 cm³/mol. The van der Waals surface area contributed by atoms with E-state index in [2.05, 4.69) is 0 Å². The average Bonchev–Trinajstić information content (AvgIpc) is 2.89. The van der Waals surface area contributed by atoms with Crippen LogP contribution in [0.1, 0.15) is 27.6 Å². The summed E-state index contributed by atoms with van der Waals surface area (Å²) in [6, 6.07) is 6.36. The zero-order valence-corrected chi connectivity index (χ0v) is 9.96. The van der Waals surface area contributed by atoms with Gasteiger partial charge >= 0.3 is 0 Å². The highest BCUT2D eigenvalue weighted by Gasteiger charge is 2.55. The summed E-state index contributed by atoms with van der Waals surface area (Å²) in [4.78, 5) is 25.7. The van der Waals surface area contributed by atoms with Gasteiger partial charge in [0.05, 0.1) is 26.8 Å². The van der Waals surface area contributed by atoms with Crippen LogP contribution in [0.4, 0.5) is 0 Å². The fraction of sp³-hybridized carbons (Fsp3) is 0.333. The fourth-order valence-electron chi connectivity index (χ4n) is 2.46. The lowest BCUT2D eigenvalue weighted by Gasteiger charge is -2.30. The molecular weight excluding hydrogens is 223 g/mol. The van der Waals surface area contributed by atoms with Gasteiger partial charge in [0.2, 0.25) is 0 Å². The Kier molecular flexibility index (Phi) is 2.28. The van der Waals surface area contributed by atoms with Crippen molar-refractivity contribution in [3.05, 3.63) is 35.4 Å². The molecule has 2 aliphatic rings. The molecule has 2 aliphatic heterocycles. The van der Waals surface area contributed by atoms with Crippen molar-refractivity contribution >= 4 is 34.8 Å². The van der Waals surface area contributed by atoms with E-state index in [1.54, 1.807) is 38.5 Å². The first-order chi connectivity index (χ1) is 8.47. The molecular formula is C12H9B3NO2. The van der Waals surface area contributed by atoms with Crippen LogP contribution in [0.25, 0.3) is 0 Å². The van der Waals surface area contributed by atoms with Crippen LogP contribution in [0.15, 0.2) is 24.3 Å². The van der Waals surface area contributed by atoms with Crippen molar-refractivity contribution in [3.63, 3.8) is 0 Å². The molecule has 1 aromatic rings. The van der Waals surface area contributed by atoms with E-state index in [0.29, 0.717) is 11.1 Å². The minimum atomic E-state index is -0.757. The highest BCUT2D eigenvalue weighted by Crippen LogP contribution is 2.56. The normalized spacial score (nSPS) is 30.9. The number of fused-ring (bicyclic) bond motifs is 1. The average molecular weight is 232 g/mol. The SMILES string of the molecule is [B]C1[B]C1([B])C(C)N1C(=O)c2ccccc2C1=O. The molecule has 0 spiro atoms. The lowest BCUT2D eigenvalue weighted by molar-refractivity contribution is 0.0591. The van der Waals surface area contributed by atoms with Gasteiger partial charge in [0, 0.05) is 6.04 Å². The molecule has 6 heteroatoms. The van der Waals surface area contributed by atoms with Crippen molar-refractivity contribution in [2.45, 2.75) is 23.9 Å². The van der Waals surface area contributed by atoms with Crippen LogP contribution in [0.5, 0.6) is 0 Å². The first-order valence-electron chi connectivity index (χ1n) is 5.84. The lowest BCUT2D eigenvalue weighted by atomic mass is 9.65. The van der Waals surface area contributed by atoms with E-state index in [4.69, 9.17) is 15.7 Å². The minimum Gasteiger partial charge on any atom is -0.272 e. The van der Waals surface area contributed by atoms with E-state index in [1.807, 2.05) is 0 Å². The smallest absolute Gasteiger partial charge is 0.261 e. The van der Waals surface area contributed by atoms with Crippen LogP contribution in [0.2, 0.25) is 10.9 Å². The quantitative estimate of drug-likeness (QED) is 0.552. The summed E-state index contributed by atoms with van der Waals surface area (Å²) < 4.78 is 0. The molecule has 2 amide bonds. The van der Waals surface area contributed by atoms with Crippen molar-refractivity contribution < 1.29 is 9.59 Å². The predicted octanol–water partition coefficient (Wildman–Crippen LogP) is 0.588. The number of carbonyl (C=O) groups is 2. The van der Waals surface area contributed by atoms with Crippen LogP contribution in [-0.4, -0.2) is 45.7 Å². The van der Waals surface area contributed by atoms with Crippen LogP contribution < -0.4 is 0 Å². The van der Waals surface area contributed by atoms with Gasteiger partial charge in [-0.1, -0.05) is 17.3 Å². The fourth-order valence-corrected chi connectivity index (χ4v) is 2.46. The first-order valence-corrected chi connectivity index (χ1v) is 5.84. The Balaban J connectivity index is 1.98. The van der Waals surface area contributed by atoms with Gasteiger partial charge in [0.25, 0.3) is 11.8 Å². The van der Waals surface area contributed by atoms with Gasteiger partial charge in [-0.15, -0.1) is 5.72 Å². The maximum absolute atomic E-state index is 12.2. The molecule has 0 aliphatic carbocycles. The van der Waals surface area contributed by atoms with Crippen LogP contribution in [0.3, 0.4) is 0 Å². The lowest BCUT2D eigenvalue weighted by Crippen LogP contribution is -2.42. The van der Waals surface area contributed by atoms with Crippen molar-refractivity contribution in [2.75, 3.05) is 0 Å². The van der Waals surface area contributed by atoms with Gasteiger partial charge in [0.15, 0.2) is 0 Å².